The van der Waals surface area contributed by atoms with Crippen molar-refractivity contribution in [2.45, 2.75) is 46.1 Å². The van der Waals surface area contributed by atoms with Crippen LogP contribution < -0.4 is 10.6 Å². The third-order valence-electron chi connectivity index (χ3n) is 7.82. The van der Waals surface area contributed by atoms with Gasteiger partial charge < -0.3 is 30.7 Å². The number of carbonyl (C=O) groups is 1. The van der Waals surface area contributed by atoms with Crippen LogP contribution in [-0.4, -0.2) is 79.9 Å². The lowest BCUT2D eigenvalue weighted by molar-refractivity contribution is -0.117. The van der Waals surface area contributed by atoms with Gasteiger partial charge in [-0.1, -0.05) is 31.4 Å². The molecule has 1 aliphatic carbocycles. The van der Waals surface area contributed by atoms with E-state index in [0.717, 1.165) is 64.6 Å². The molecule has 8 heteroatoms. The molecule has 0 spiro atoms. The van der Waals surface area contributed by atoms with Gasteiger partial charge in [0.15, 0.2) is 0 Å². The number of aromatic nitrogens is 1. The molecular weight excluding hydrogens is 524 g/mol. The normalized spacial score (nSPS) is 18.3. The highest BCUT2D eigenvalue weighted by Crippen LogP contribution is 2.33. The Kier molecular flexibility index (Phi) is 12.4. The molecule has 1 amide bonds. The molecule has 42 heavy (non-hydrogen) atoms. The lowest BCUT2D eigenvalue weighted by atomic mass is 10.0. The van der Waals surface area contributed by atoms with Gasteiger partial charge in [0.1, 0.15) is 0 Å². The van der Waals surface area contributed by atoms with Gasteiger partial charge in [-0.25, -0.2) is 0 Å². The number of rotatable bonds is 16. The van der Waals surface area contributed by atoms with Crippen LogP contribution in [0.2, 0.25) is 0 Å². The summed E-state index contributed by atoms with van der Waals surface area (Å²) in [4.78, 5) is 20.9. The molecule has 2 aliphatic rings. The van der Waals surface area contributed by atoms with Gasteiger partial charge in [-0.15, -0.1) is 0 Å². The summed E-state index contributed by atoms with van der Waals surface area (Å²) in [6.07, 6.45) is 16.1. The maximum atomic E-state index is 13.0. The Balaban J connectivity index is 1.74. The summed E-state index contributed by atoms with van der Waals surface area (Å²) in [5, 5.41) is 14.7. The molecule has 0 bridgehead atoms. The zero-order valence-corrected chi connectivity index (χ0v) is 26.0. The molecule has 1 fully saturated rings. The SMILES string of the molecule is C=C/C(=C\N(C)CCOC)c1c[nH]c(C2=C(C=N)C(N/C(=C/C(=CC)C(=O)NCCN3CCC[C@@H]3C)C(=C)C)=CC2)c1. The first kappa shape index (κ1) is 32.6. The van der Waals surface area contributed by atoms with Crippen LogP contribution in [0.1, 0.15) is 51.3 Å². The van der Waals surface area contributed by atoms with Gasteiger partial charge in [-0.2, -0.15) is 0 Å². The fourth-order valence-corrected chi connectivity index (χ4v) is 5.23. The molecule has 1 saturated heterocycles. The van der Waals surface area contributed by atoms with Crippen LogP contribution in [-0.2, 0) is 9.53 Å². The van der Waals surface area contributed by atoms with Crippen LogP contribution in [0.15, 0.2) is 84.0 Å². The van der Waals surface area contributed by atoms with Crippen LogP contribution >= 0.6 is 0 Å². The van der Waals surface area contributed by atoms with E-state index in [9.17, 15) is 4.79 Å². The predicted molar refractivity (Wildman–Crippen MR) is 175 cm³/mol. The second-order valence-corrected chi connectivity index (χ2v) is 10.9. The molecule has 3 rings (SSSR count). The van der Waals surface area contributed by atoms with Gasteiger partial charge in [0, 0.05) is 92.2 Å². The number of methoxy groups -OCH3 is 1. The summed E-state index contributed by atoms with van der Waals surface area (Å²) in [6, 6.07) is 2.67. The molecule has 0 radical (unpaired) electrons. The lowest BCUT2D eigenvalue weighted by Gasteiger charge is -2.21. The van der Waals surface area contributed by atoms with E-state index in [-0.39, 0.29) is 5.91 Å². The van der Waals surface area contributed by atoms with Crippen molar-refractivity contribution in [2.75, 3.05) is 46.9 Å². The van der Waals surface area contributed by atoms with E-state index in [1.54, 1.807) is 7.11 Å². The van der Waals surface area contributed by atoms with Gasteiger partial charge in [0.05, 0.1) is 6.61 Å². The smallest absolute Gasteiger partial charge is 0.251 e. The molecule has 1 aromatic heterocycles. The van der Waals surface area contributed by atoms with E-state index in [1.165, 1.54) is 19.1 Å². The van der Waals surface area contributed by atoms with E-state index < -0.39 is 0 Å². The Morgan fingerprint density at radius 2 is 2.17 bits per heavy atom. The average Bonchev–Trinajstić information content (AvgIpc) is 3.72. The predicted octanol–water partition coefficient (Wildman–Crippen LogP) is 5.41. The van der Waals surface area contributed by atoms with Crippen LogP contribution in [0.5, 0.6) is 0 Å². The second kappa shape index (κ2) is 15.9. The fraction of sp³-hybridized carbons (Fsp3) is 0.412. The van der Waals surface area contributed by atoms with E-state index in [1.807, 2.05) is 45.3 Å². The lowest BCUT2D eigenvalue weighted by Crippen LogP contribution is -2.36. The molecule has 0 saturated carbocycles. The van der Waals surface area contributed by atoms with Gasteiger partial charge in [0.25, 0.3) is 5.91 Å². The van der Waals surface area contributed by atoms with Gasteiger partial charge in [-0.05, 0) is 75.4 Å². The highest BCUT2D eigenvalue weighted by Gasteiger charge is 2.22. The van der Waals surface area contributed by atoms with Crippen molar-refractivity contribution in [3.63, 3.8) is 0 Å². The number of allylic oxidation sites excluding steroid dienone is 7. The minimum absolute atomic E-state index is 0.105. The number of likely N-dealkylation sites (N-methyl/N-ethyl adjacent to an activating group) is 1. The quantitative estimate of drug-likeness (QED) is 0.121. The van der Waals surface area contributed by atoms with E-state index >= 15 is 0 Å². The molecule has 4 N–H and O–H groups in total. The average molecular weight is 573 g/mol. The number of aromatic amines is 1. The second-order valence-electron chi connectivity index (χ2n) is 10.9. The summed E-state index contributed by atoms with van der Waals surface area (Å²) >= 11 is 0. The Morgan fingerprint density at radius 3 is 2.79 bits per heavy atom. The van der Waals surface area contributed by atoms with E-state index in [2.05, 4.69) is 63.8 Å². The van der Waals surface area contributed by atoms with Gasteiger partial charge in [-0.3, -0.25) is 9.69 Å². The van der Waals surface area contributed by atoms with Crippen LogP contribution in [0.25, 0.3) is 11.1 Å². The van der Waals surface area contributed by atoms with Crippen LogP contribution in [0.4, 0.5) is 0 Å². The van der Waals surface area contributed by atoms with Crippen LogP contribution in [0, 0.1) is 5.41 Å². The van der Waals surface area contributed by atoms with E-state index in [0.29, 0.717) is 31.2 Å². The van der Waals surface area contributed by atoms with Gasteiger partial charge >= 0.3 is 0 Å². The molecular formula is C34H48N6O2. The van der Waals surface area contributed by atoms with Crippen molar-refractivity contribution in [1.82, 2.24) is 25.4 Å². The monoisotopic (exact) mass is 572 g/mol. The number of carbonyl (C=O) groups excluding carboxylic acids is 1. The molecule has 1 aliphatic heterocycles. The molecule has 0 aromatic carbocycles. The molecule has 0 unspecified atom stereocenters. The summed E-state index contributed by atoms with van der Waals surface area (Å²) in [5.41, 5.74) is 7.72. The number of ether oxygens (including phenoxy) is 1. The van der Waals surface area contributed by atoms with Crippen molar-refractivity contribution in [3.8, 4) is 0 Å². The minimum Gasteiger partial charge on any atom is -0.383 e. The van der Waals surface area contributed by atoms with Crippen molar-refractivity contribution >= 4 is 23.3 Å². The first-order chi connectivity index (χ1) is 20.2. The highest BCUT2D eigenvalue weighted by atomic mass is 16.5. The summed E-state index contributed by atoms with van der Waals surface area (Å²) in [5.74, 6) is -0.105. The number of nitrogens with one attached hydrogen (secondary N) is 4. The Hall–Kier alpha value is -3.88. The minimum atomic E-state index is -0.105. The number of likely N-dealkylation sites (tertiary alicyclic amines) is 1. The standard InChI is InChI=1S/C34H48N6O2/c1-8-26(34(41)36-14-16-40-15-10-11-25(40)5)19-32(24(3)4)38-31-13-12-29(30(31)21-35)33-20-28(22-37-33)27(9-2)23-39(6)17-18-42-7/h8-9,13,19-23,25,35,37-38H,2-3,10-12,14-18H2,1,4-7H3,(H,36,41)/b26-8?,27-23+,32-19+,35-21?/t25-/m0/s1. The number of amides is 1. The Bertz CT molecular complexity index is 1310. The summed E-state index contributed by atoms with van der Waals surface area (Å²) in [6.45, 7) is 18.1. The number of nitrogens with zero attached hydrogens (tertiary/aromatic N) is 2. The third kappa shape index (κ3) is 8.57. The molecule has 1 atom stereocenters. The maximum absolute atomic E-state index is 13.0. The maximum Gasteiger partial charge on any atom is 0.251 e. The largest absolute Gasteiger partial charge is 0.383 e. The Morgan fingerprint density at radius 1 is 1.38 bits per heavy atom. The van der Waals surface area contributed by atoms with Gasteiger partial charge in [0.2, 0.25) is 0 Å². The highest BCUT2D eigenvalue weighted by molar-refractivity contribution is 5.98. The summed E-state index contributed by atoms with van der Waals surface area (Å²) < 4.78 is 5.18. The number of hydrogen-bond acceptors (Lipinski definition) is 6. The number of H-pyrrole nitrogens is 1. The first-order valence-electron chi connectivity index (χ1n) is 14.7. The van der Waals surface area contributed by atoms with E-state index in [4.69, 9.17) is 10.1 Å². The zero-order valence-electron chi connectivity index (χ0n) is 26.0. The fourth-order valence-electron chi connectivity index (χ4n) is 5.23. The topological polar surface area (TPSA) is 96.5 Å². The Labute approximate surface area is 251 Å². The molecule has 8 nitrogen and oxygen atoms in total. The van der Waals surface area contributed by atoms with Crippen molar-refractivity contribution in [1.29, 1.82) is 5.41 Å². The molecule has 2 heterocycles. The summed E-state index contributed by atoms with van der Waals surface area (Å²) in [7, 11) is 3.70. The molecule has 1 aromatic rings. The third-order valence-corrected chi connectivity index (χ3v) is 7.82. The van der Waals surface area contributed by atoms with Crippen molar-refractivity contribution in [2.24, 2.45) is 0 Å². The van der Waals surface area contributed by atoms with Crippen molar-refractivity contribution < 1.29 is 9.53 Å². The first-order valence-corrected chi connectivity index (χ1v) is 14.7. The van der Waals surface area contributed by atoms with Crippen LogP contribution in [0.3, 0.4) is 0 Å². The number of hydrogen-bond donors (Lipinski definition) is 4. The van der Waals surface area contributed by atoms with Crippen molar-refractivity contribution in [3.05, 3.63) is 95.3 Å². The molecule has 226 valence electrons. The zero-order chi connectivity index (χ0) is 30.6.